The summed E-state index contributed by atoms with van der Waals surface area (Å²) in [6.07, 6.45) is 1.35. The quantitative estimate of drug-likeness (QED) is 0.481. The number of H-pyrrole nitrogens is 2. The Labute approximate surface area is 181 Å². The Kier molecular flexibility index (Phi) is 5.81. The lowest BCUT2D eigenvalue weighted by Crippen LogP contribution is -2.30. The fourth-order valence-electron chi connectivity index (χ4n) is 3.84. The summed E-state index contributed by atoms with van der Waals surface area (Å²) >= 11 is 0. The van der Waals surface area contributed by atoms with Crippen molar-refractivity contribution in [3.05, 3.63) is 74.2 Å². The van der Waals surface area contributed by atoms with Gasteiger partial charge < -0.3 is 10.2 Å². The molecule has 0 saturated carbocycles. The summed E-state index contributed by atoms with van der Waals surface area (Å²) in [5.74, 6) is 0.422. The molecule has 3 heterocycles. The number of fused-ring (bicyclic) bond motifs is 1. The lowest BCUT2D eigenvalue weighted by atomic mass is 10.1. The molecule has 1 aromatic carbocycles. The molecule has 1 unspecified atom stereocenters. The first kappa shape index (κ1) is 21.7. The van der Waals surface area contributed by atoms with Crippen molar-refractivity contribution in [3.63, 3.8) is 0 Å². The van der Waals surface area contributed by atoms with E-state index in [0.717, 1.165) is 37.0 Å². The van der Waals surface area contributed by atoms with Crippen LogP contribution < -0.4 is 21.5 Å². The van der Waals surface area contributed by atoms with Gasteiger partial charge >= 0.3 is 11.9 Å². The smallest absolute Gasteiger partial charge is 0.354 e. The monoisotopic (exact) mass is 448 g/mol. The second-order valence-corrected chi connectivity index (χ2v) is 7.75. The van der Waals surface area contributed by atoms with E-state index in [1.807, 2.05) is 4.90 Å². The van der Waals surface area contributed by atoms with E-state index >= 15 is 0 Å². The maximum absolute atomic E-state index is 13.0. The first-order valence-corrected chi connectivity index (χ1v) is 10.3. The van der Waals surface area contributed by atoms with Crippen LogP contribution in [0.2, 0.25) is 0 Å². The predicted octanol–water partition coefficient (Wildman–Crippen LogP) is 3.45. The normalized spacial score (nSPS) is 15.6. The fourth-order valence-corrected chi connectivity index (χ4v) is 3.84. The first-order chi connectivity index (χ1) is 15.3. The number of rotatable bonds is 7. The van der Waals surface area contributed by atoms with E-state index in [9.17, 15) is 22.8 Å². The van der Waals surface area contributed by atoms with Gasteiger partial charge in [-0.25, -0.2) is 4.79 Å². The largest absolute Gasteiger partial charge is 0.416 e. The van der Waals surface area contributed by atoms with Crippen LogP contribution >= 0.6 is 0 Å². The molecule has 4 rings (SSSR count). The molecule has 1 aliphatic heterocycles. The molecule has 0 aliphatic carbocycles. The number of aromatic nitrogens is 4. The minimum absolute atomic E-state index is 0.164. The van der Waals surface area contributed by atoms with Gasteiger partial charge in [-0.2, -0.15) is 18.3 Å². The second-order valence-electron chi connectivity index (χ2n) is 7.75. The van der Waals surface area contributed by atoms with E-state index in [1.54, 1.807) is 23.1 Å². The average Bonchev–Trinajstić information content (AvgIpc) is 3.33. The lowest BCUT2D eigenvalue weighted by molar-refractivity contribution is -0.137. The first-order valence-electron chi connectivity index (χ1n) is 10.3. The van der Waals surface area contributed by atoms with Gasteiger partial charge in [0.1, 0.15) is 17.7 Å². The molecule has 0 spiro atoms. The van der Waals surface area contributed by atoms with Crippen molar-refractivity contribution in [3.8, 4) is 0 Å². The zero-order valence-corrected chi connectivity index (χ0v) is 17.4. The van der Waals surface area contributed by atoms with Gasteiger partial charge in [-0.05, 0) is 24.1 Å². The molecule has 2 aromatic heterocycles. The molecule has 3 N–H and O–H groups in total. The van der Waals surface area contributed by atoms with Crippen LogP contribution in [0, 0.1) is 0 Å². The number of unbranched alkanes of at least 4 members (excludes halogenated alkanes) is 2. The van der Waals surface area contributed by atoms with Crippen LogP contribution in [-0.4, -0.2) is 26.3 Å². The molecule has 3 aromatic rings. The average molecular weight is 448 g/mol. The molecule has 32 heavy (non-hydrogen) atoms. The summed E-state index contributed by atoms with van der Waals surface area (Å²) in [4.78, 5) is 30.9. The van der Waals surface area contributed by atoms with E-state index in [2.05, 4.69) is 27.3 Å². The van der Waals surface area contributed by atoms with Gasteiger partial charge in [0.15, 0.2) is 0 Å². The molecule has 0 fully saturated rings. The van der Waals surface area contributed by atoms with Crippen molar-refractivity contribution in [2.24, 2.45) is 0 Å². The van der Waals surface area contributed by atoms with E-state index in [4.69, 9.17) is 0 Å². The molecular formula is C21H23F3N6O2. The SMILES string of the molecule is CCCCCN1c2[nH]c(=O)[nH]c(=O)c2NC1c1cnn(Cc2cccc(C(F)(F)F)c2)c1. The third kappa shape index (κ3) is 4.41. The maximum atomic E-state index is 13.0. The lowest BCUT2D eigenvalue weighted by Gasteiger charge is -2.25. The zero-order valence-electron chi connectivity index (χ0n) is 17.4. The van der Waals surface area contributed by atoms with Crippen LogP contribution in [0.15, 0.2) is 46.2 Å². The Morgan fingerprint density at radius 1 is 1.16 bits per heavy atom. The van der Waals surface area contributed by atoms with Gasteiger partial charge in [-0.15, -0.1) is 0 Å². The minimum atomic E-state index is -4.41. The summed E-state index contributed by atoms with van der Waals surface area (Å²) in [5, 5.41) is 7.43. The molecule has 1 aliphatic rings. The molecule has 8 nitrogen and oxygen atoms in total. The fraction of sp³-hybridized carbons (Fsp3) is 0.381. The number of benzene rings is 1. The number of aromatic amines is 2. The van der Waals surface area contributed by atoms with Gasteiger partial charge in [-0.3, -0.25) is 19.4 Å². The summed E-state index contributed by atoms with van der Waals surface area (Å²) < 4.78 is 40.5. The summed E-state index contributed by atoms with van der Waals surface area (Å²) in [6, 6.07) is 5.12. The van der Waals surface area contributed by atoms with Crippen LogP contribution in [0.5, 0.6) is 0 Å². The van der Waals surface area contributed by atoms with Crippen molar-refractivity contribution in [2.45, 2.75) is 45.1 Å². The maximum Gasteiger partial charge on any atom is 0.416 e. The predicted molar refractivity (Wildman–Crippen MR) is 114 cm³/mol. The summed E-state index contributed by atoms with van der Waals surface area (Å²) in [7, 11) is 0. The Balaban J connectivity index is 1.59. The van der Waals surface area contributed by atoms with Crippen LogP contribution in [0.4, 0.5) is 24.7 Å². The standard InChI is InChI=1S/C21H23F3N6O2/c1-2-3-4-8-30-17(26-16-18(30)27-20(32)28-19(16)31)14-10-25-29(12-14)11-13-6-5-7-15(9-13)21(22,23)24/h5-7,9-10,12,17,26H,2-4,8,11H2,1H3,(H2,27,28,31,32). The van der Waals surface area contributed by atoms with E-state index < -0.39 is 29.2 Å². The van der Waals surface area contributed by atoms with E-state index in [0.29, 0.717) is 17.9 Å². The van der Waals surface area contributed by atoms with Gasteiger partial charge in [0.25, 0.3) is 5.56 Å². The highest BCUT2D eigenvalue weighted by Gasteiger charge is 2.34. The molecule has 0 radical (unpaired) electrons. The molecule has 0 amide bonds. The number of nitrogens with one attached hydrogen (secondary N) is 3. The highest BCUT2D eigenvalue weighted by Crippen LogP contribution is 2.37. The molecule has 0 saturated heterocycles. The summed E-state index contributed by atoms with van der Waals surface area (Å²) in [6.45, 7) is 2.85. The van der Waals surface area contributed by atoms with Crippen LogP contribution in [0.3, 0.4) is 0 Å². The van der Waals surface area contributed by atoms with Crippen LogP contribution in [0.25, 0.3) is 0 Å². The summed E-state index contributed by atoms with van der Waals surface area (Å²) in [5.41, 5.74) is -0.333. The highest BCUT2D eigenvalue weighted by atomic mass is 19.4. The van der Waals surface area contributed by atoms with Gasteiger partial charge in [0.2, 0.25) is 0 Å². The third-order valence-electron chi connectivity index (χ3n) is 5.37. The van der Waals surface area contributed by atoms with Crippen LogP contribution in [0.1, 0.15) is 49.0 Å². The third-order valence-corrected chi connectivity index (χ3v) is 5.37. The van der Waals surface area contributed by atoms with Crippen LogP contribution in [-0.2, 0) is 12.7 Å². The van der Waals surface area contributed by atoms with Crippen molar-refractivity contribution < 1.29 is 13.2 Å². The number of halogens is 3. The van der Waals surface area contributed by atoms with Crippen molar-refractivity contribution in [2.75, 3.05) is 16.8 Å². The van der Waals surface area contributed by atoms with Gasteiger partial charge in [0, 0.05) is 18.3 Å². The second kappa shape index (κ2) is 8.56. The number of hydrogen-bond donors (Lipinski definition) is 3. The Hall–Kier alpha value is -3.50. The number of alkyl halides is 3. The Morgan fingerprint density at radius 3 is 2.72 bits per heavy atom. The minimum Gasteiger partial charge on any atom is -0.354 e. The Morgan fingerprint density at radius 2 is 1.97 bits per heavy atom. The number of anilines is 2. The van der Waals surface area contributed by atoms with E-state index in [-0.39, 0.29) is 12.2 Å². The van der Waals surface area contributed by atoms with Crippen molar-refractivity contribution >= 4 is 11.5 Å². The highest BCUT2D eigenvalue weighted by molar-refractivity contribution is 5.71. The van der Waals surface area contributed by atoms with Gasteiger partial charge in [0.05, 0.1) is 18.3 Å². The number of hydrogen-bond acceptors (Lipinski definition) is 5. The number of nitrogens with zero attached hydrogens (tertiary/aromatic N) is 3. The molecular weight excluding hydrogens is 425 g/mol. The van der Waals surface area contributed by atoms with Crippen molar-refractivity contribution in [1.29, 1.82) is 0 Å². The van der Waals surface area contributed by atoms with Crippen molar-refractivity contribution in [1.82, 2.24) is 19.7 Å². The Bertz CT molecular complexity index is 1210. The molecule has 1 atom stereocenters. The zero-order chi connectivity index (χ0) is 22.9. The molecule has 11 heteroatoms. The molecule has 0 bridgehead atoms. The van der Waals surface area contributed by atoms with E-state index in [1.165, 1.54) is 6.07 Å². The topological polar surface area (TPSA) is 98.8 Å². The molecule has 170 valence electrons. The van der Waals surface area contributed by atoms with Gasteiger partial charge in [-0.1, -0.05) is 31.9 Å².